The molecule has 1 aliphatic heterocycles. The number of nitrogens with one attached hydrogen (secondary N) is 1. The molecule has 126 valence electrons. The van der Waals surface area contributed by atoms with Crippen molar-refractivity contribution in [3.63, 3.8) is 0 Å². The van der Waals surface area contributed by atoms with Crippen LogP contribution in [0.15, 0.2) is 12.1 Å². The van der Waals surface area contributed by atoms with E-state index in [-0.39, 0.29) is 35.0 Å². The molecule has 1 saturated heterocycles. The fraction of sp³-hybridized carbons (Fsp3) is 0.562. The lowest BCUT2D eigenvalue weighted by Crippen LogP contribution is -2.33. The third-order valence-corrected chi connectivity index (χ3v) is 4.07. The summed E-state index contributed by atoms with van der Waals surface area (Å²) in [5.41, 5.74) is 6.23. The lowest BCUT2D eigenvalue weighted by molar-refractivity contribution is -0.384. The van der Waals surface area contributed by atoms with Gasteiger partial charge in [0.05, 0.1) is 16.6 Å². The molecular weight excluding hydrogens is 298 g/mol. The highest BCUT2D eigenvalue weighted by Crippen LogP contribution is 2.27. The molecule has 1 aromatic carbocycles. The number of ether oxygens (including phenoxy) is 1. The number of nitro groups is 1. The van der Waals surface area contributed by atoms with Crippen LogP contribution in [0.3, 0.4) is 0 Å². The van der Waals surface area contributed by atoms with E-state index in [4.69, 9.17) is 10.5 Å². The summed E-state index contributed by atoms with van der Waals surface area (Å²) in [7, 11) is 0. The molecule has 1 amide bonds. The summed E-state index contributed by atoms with van der Waals surface area (Å²) >= 11 is 0. The average molecular weight is 321 g/mol. The molecule has 0 aromatic heterocycles. The van der Waals surface area contributed by atoms with Gasteiger partial charge >= 0.3 is 0 Å². The number of carbonyl (C=O) groups excluding carboxylic acids is 1. The summed E-state index contributed by atoms with van der Waals surface area (Å²) in [6.45, 7) is 4.42. The normalized spacial score (nSPS) is 18.6. The zero-order valence-corrected chi connectivity index (χ0v) is 13.5. The maximum atomic E-state index is 12.4. The van der Waals surface area contributed by atoms with Gasteiger partial charge in [0, 0.05) is 18.7 Å². The Hall–Kier alpha value is -2.15. The molecule has 7 heteroatoms. The predicted molar refractivity (Wildman–Crippen MR) is 87.4 cm³/mol. The maximum absolute atomic E-state index is 12.4. The Morgan fingerprint density at radius 2 is 2.30 bits per heavy atom. The predicted octanol–water partition coefficient (Wildman–Crippen LogP) is 2.56. The number of carbonyl (C=O) groups is 1. The van der Waals surface area contributed by atoms with Gasteiger partial charge in [-0.05, 0) is 51.2 Å². The van der Waals surface area contributed by atoms with Gasteiger partial charge in [-0.3, -0.25) is 14.9 Å². The van der Waals surface area contributed by atoms with E-state index < -0.39 is 4.92 Å². The smallest absolute Gasteiger partial charge is 0.293 e. The van der Waals surface area contributed by atoms with Crippen molar-refractivity contribution in [2.24, 2.45) is 0 Å². The van der Waals surface area contributed by atoms with Crippen molar-refractivity contribution in [3.8, 4) is 0 Å². The summed E-state index contributed by atoms with van der Waals surface area (Å²) in [5.74, 6) is -0.380. The molecule has 1 aromatic rings. The first kappa shape index (κ1) is 17.2. The Morgan fingerprint density at radius 1 is 1.57 bits per heavy atom. The van der Waals surface area contributed by atoms with E-state index in [1.807, 2.05) is 6.92 Å². The van der Waals surface area contributed by atoms with E-state index in [0.29, 0.717) is 5.56 Å². The molecule has 2 atom stereocenters. The molecule has 1 aliphatic rings. The van der Waals surface area contributed by atoms with Crippen LogP contribution in [0, 0.1) is 17.0 Å². The SMILES string of the molecule is Cc1cc(C(=O)NC(C)CCC2CCCO2)c(N)c([N+](=O)[O-])c1. The van der Waals surface area contributed by atoms with Gasteiger partial charge in [-0.25, -0.2) is 0 Å². The first-order valence-corrected chi connectivity index (χ1v) is 7.85. The zero-order chi connectivity index (χ0) is 17.0. The van der Waals surface area contributed by atoms with E-state index in [1.54, 1.807) is 13.0 Å². The van der Waals surface area contributed by atoms with Gasteiger partial charge in [-0.2, -0.15) is 0 Å². The van der Waals surface area contributed by atoms with Crippen molar-refractivity contribution in [1.82, 2.24) is 5.32 Å². The second-order valence-corrected chi connectivity index (χ2v) is 6.09. The number of anilines is 1. The third kappa shape index (κ3) is 4.41. The molecule has 1 heterocycles. The van der Waals surface area contributed by atoms with Crippen LogP contribution >= 0.6 is 0 Å². The maximum Gasteiger partial charge on any atom is 0.293 e. The molecule has 0 spiro atoms. The van der Waals surface area contributed by atoms with Crippen LogP contribution in [0.1, 0.15) is 48.5 Å². The first-order chi connectivity index (χ1) is 10.9. The van der Waals surface area contributed by atoms with Crippen LogP contribution in [0.25, 0.3) is 0 Å². The number of nitrogens with zero attached hydrogens (tertiary/aromatic N) is 1. The van der Waals surface area contributed by atoms with Crippen LogP contribution in [0.5, 0.6) is 0 Å². The standard InChI is InChI=1S/C16H23N3O4/c1-10-8-13(15(17)14(9-10)19(21)22)16(20)18-11(2)5-6-12-4-3-7-23-12/h8-9,11-12H,3-7,17H2,1-2H3,(H,18,20). The van der Waals surface area contributed by atoms with Gasteiger partial charge < -0.3 is 15.8 Å². The number of nitrogen functional groups attached to an aromatic ring is 1. The Kier molecular flexibility index (Phi) is 5.54. The van der Waals surface area contributed by atoms with E-state index in [2.05, 4.69) is 5.32 Å². The molecule has 1 fully saturated rings. The zero-order valence-electron chi connectivity index (χ0n) is 13.5. The van der Waals surface area contributed by atoms with Crippen LogP contribution in [0.2, 0.25) is 0 Å². The molecular formula is C16H23N3O4. The van der Waals surface area contributed by atoms with E-state index >= 15 is 0 Å². The average Bonchev–Trinajstić information content (AvgIpc) is 3.00. The second kappa shape index (κ2) is 7.41. The van der Waals surface area contributed by atoms with Gasteiger partial charge in [-0.1, -0.05) is 0 Å². The van der Waals surface area contributed by atoms with Crippen LogP contribution in [-0.2, 0) is 4.74 Å². The summed E-state index contributed by atoms with van der Waals surface area (Å²) in [5, 5.41) is 13.9. The number of amides is 1. The molecule has 2 unspecified atom stereocenters. The Balaban J connectivity index is 2.00. The highest BCUT2D eigenvalue weighted by Gasteiger charge is 2.22. The summed E-state index contributed by atoms with van der Waals surface area (Å²) < 4.78 is 5.56. The Morgan fingerprint density at radius 3 is 2.91 bits per heavy atom. The minimum absolute atomic E-state index is 0.0503. The summed E-state index contributed by atoms with van der Waals surface area (Å²) in [6.07, 6.45) is 4.13. The topological polar surface area (TPSA) is 107 Å². The highest BCUT2D eigenvalue weighted by atomic mass is 16.6. The van der Waals surface area contributed by atoms with Crippen LogP contribution in [-0.4, -0.2) is 29.6 Å². The number of nitrogens with two attached hydrogens (primary N) is 1. The van der Waals surface area contributed by atoms with Gasteiger partial charge in [-0.15, -0.1) is 0 Å². The molecule has 3 N–H and O–H groups in total. The van der Waals surface area contributed by atoms with E-state index in [1.165, 1.54) is 6.07 Å². The highest BCUT2D eigenvalue weighted by molar-refractivity contribution is 6.01. The third-order valence-electron chi connectivity index (χ3n) is 4.07. The van der Waals surface area contributed by atoms with Crippen LogP contribution < -0.4 is 11.1 Å². The number of hydrogen-bond acceptors (Lipinski definition) is 5. The van der Waals surface area contributed by atoms with Gasteiger partial charge in [0.2, 0.25) is 0 Å². The van der Waals surface area contributed by atoms with Crippen molar-refractivity contribution >= 4 is 17.3 Å². The van der Waals surface area contributed by atoms with Gasteiger partial charge in [0.1, 0.15) is 5.69 Å². The van der Waals surface area contributed by atoms with Crippen molar-refractivity contribution in [2.75, 3.05) is 12.3 Å². The monoisotopic (exact) mass is 321 g/mol. The Labute approximate surface area is 135 Å². The van der Waals surface area contributed by atoms with Crippen molar-refractivity contribution < 1.29 is 14.5 Å². The lowest BCUT2D eigenvalue weighted by atomic mass is 10.0. The lowest BCUT2D eigenvalue weighted by Gasteiger charge is -2.17. The minimum atomic E-state index is -0.569. The first-order valence-electron chi connectivity index (χ1n) is 7.85. The van der Waals surface area contributed by atoms with E-state index in [0.717, 1.165) is 32.3 Å². The fourth-order valence-corrected chi connectivity index (χ4v) is 2.80. The second-order valence-electron chi connectivity index (χ2n) is 6.09. The molecule has 2 rings (SSSR count). The quantitative estimate of drug-likeness (QED) is 0.475. The van der Waals surface area contributed by atoms with Crippen LogP contribution in [0.4, 0.5) is 11.4 Å². The van der Waals surface area contributed by atoms with Crippen molar-refractivity contribution in [3.05, 3.63) is 33.4 Å². The van der Waals surface area contributed by atoms with Gasteiger partial charge in [0.15, 0.2) is 0 Å². The molecule has 23 heavy (non-hydrogen) atoms. The molecule has 0 aliphatic carbocycles. The van der Waals surface area contributed by atoms with E-state index in [9.17, 15) is 14.9 Å². The fourth-order valence-electron chi connectivity index (χ4n) is 2.80. The number of nitro benzene ring substituents is 1. The van der Waals surface area contributed by atoms with Crippen molar-refractivity contribution in [1.29, 1.82) is 0 Å². The molecule has 0 radical (unpaired) electrons. The number of aryl methyl sites for hydroxylation is 1. The largest absolute Gasteiger partial charge is 0.393 e. The molecule has 7 nitrogen and oxygen atoms in total. The number of benzene rings is 1. The minimum Gasteiger partial charge on any atom is -0.393 e. The van der Waals surface area contributed by atoms with Gasteiger partial charge in [0.25, 0.3) is 11.6 Å². The van der Waals surface area contributed by atoms with Crippen molar-refractivity contribution in [2.45, 2.75) is 51.7 Å². The molecule has 0 bridgehead atoms. The summed E-state index contributed by atoms with van der Waals surface area (Å²) in [4.78, 5) is 22.8. The Bertz CT molecular complexity index is 597. The molecule has 0 saturated carbocycles. The number of rotatable bonds is 6. The number of hydrogen-bond donors (Lipinski definition) is 2. The summed E-state index contributed by atoms with van der Waals surface area (Å²) in [6, 6.07) is 2.89.